The zero-order valence-corrected chi connectivity index (χ0v) is 12.5. The van der Waals surface area contributed by atoms with E-state index in [0.717, 1.165) is 6.07 Å². The third-order valence-electron chi connectivity index (χ3n) is 2.60. The number of anilines is 1. The van der Waals surface area contributed by atoms with Crippen LogP contribution in [0.4, 0.5) is 14.6 Å². The molecule has 106 valence electrons. The Labute approximate surface area is 123 Å². The molecule has 0 fully saturated rings. The van der Waals surface area contributed by atoms with Gasteiger partial charge in [0.05, 0.1) is 16.8 Å². The van der Waals surface area contributed by atoms with E-state index >= 15 is 0 Å². The molecule has 0 aliphatic rings. The maximum atomic E-state index is 13.6. The van der Waals surface area contributed by atoms with Gasteiger partial charge in [-0.15, -0.1) is 0 Å². The van der Waals surface area contributed by atoms with E-state index in [0.29, 0.717) is 23.7 Å². The van der Waals surface area contributed by atoms with Crippen molar-refractivity contribution in [3.05, 3.63) is 40.0 Å². The van der Waals surface area contributed by atoms with Gasteiger partial charge in [0.1, 0.15) is 5.82 Å². The summed E-state index contributed by atoms with van der Waals surface area (Å²) in [5.74, 6) is -1.04. The number of aromatic nitrogens is 2. The Balaban J connectivity index is 2.57. The molecule has 1 heterocycles. The third-order valence-corrected chi connectivity index (χ3v) is 3.38. The highest BCUT2D eigenvalue weighted by atomic mass is 79.9. The Hall–Kier alpha value is -1.60. The highest BCUT2D eigenvalue weighted by molar-refractivity contribution is 9.10. The van der Waals surface area contributed by atoms with Gasteiger partial charge in [-0.1, -0.05) is 0 Å². The molecule has 2 rings (SSSR count). The molecule has 1 aromatic carbocycles. The maximum Gasteiger partial charge on any atom is 0.173 e. The van der Waals surface area contributed by atoms with Crippen molar-refractivity contribution in [3.8, 4) is 11.4 Å². The van der Waals surface area contributed by atoms with Gasteiger partial charge in [-0.3, -0.25) is 0 Å². The number of halogens is 3. The fourth-order valence-corrected chi connectivity index (χ4v) is 2.17. The van der Waals surface area contributed by atoms with Crippen molar-refractivity contribution >= 4 is 21.7 Å². The summed E-state index contributed by atoms with van der Waals surface area (Å²) in [4.78, 5) is 8.52. The number of ether oxygens (including phenoxy) is 1. The van der Waals surface area contributed by atoms with Crippen molar-refractivity contribution in [2.75, 3.05) is 19.5 Å². The molecule has 2 aromatic rings. The molecular weight excluding hydrogens is 332 g/mol. The summed E-state index contributed by atoms with van der Waals surface area (Å²) in [5.41, 5.74) is 1.01. The zero-order valence-electron chi connectivity index (χ0n) is 10.9. The fraction of sp³-hybridized carbons (Fsp3) is 0.231. The summed E-state index contributed by atoms with van der Waals surface area (Å²) < 4.78 is 31.8. The van der Waals surface area contributed by atoms with Gasteiger partial charge in [0.15, 0.2) is 17.5 Å². The molecule has 0 amide bonds. The third kappa shape index (κ3) is 2.94. The molecule has 20 heavy (non-hydrogen) atoms. The molecule has 0 radical (unpaired) electrons. The fourth-order valence-electron chi connectivity index (χ4n) is 1.67. The predicted octanol–water partition coefficient (Wildman–Crippen LogP) is 3.37. The van der Waals surface area contributed by atoms with Crippen molar-refractivity contribution in [1.82, 2.24) is 9.97 Å². The first kappa shape index (κ1) is 14.8. The lowest BCUT2D eigenvalue weighted by Gasteiger charge is -2.09. The molecule has 7 heteroatoms. The van der Waals surface area contributed by atoms with E-state index in [1.807, 2.05) is 0 Å². The van der Waals surface area contributed by atoms with E-state index in [9.17, 15) is 8.78 Å². The predicted molar refractivity (Wildman–Crippen MR) is 75.3 cm³/mol. The molecule has 0 saturated carbocycles. The quantitative estimate of drug-likeness (QED) is 0.864. The van der Waals surface area contributed by atoms with Gasteiger partial charge < -0.3 is 10.1 Å². The van der Waals surface area contributed by atoms with Crippen LogP contribution in [0.5, 0.6) is 0 Å². The van der Waals surface area contributed by atoms with Crippen LogP contribution in [0.3, 0.4) is 0 Å². The number of hydrogen-bond acceptors (Lipinski definition) is 4. The van der Waals surface area contributed by atoms with Crippen molar-refractivity contribution in [3.63, 3.8) is 0 Å². The first-order valence-electron chi connectivity index (χ1n) is 5.75. The lowest BCUT2D eigenvalue weighted by atomic mass is 10.2. The minimum atomic E-state index is -0.964. The van der Waals surface area contributed by atoms with Crippen LogP contribution in [0.15, 0.2) is 22.7 Å². The highest BCUT2D eigenvalue weighted by Crippen LogP contribution is 2.30. The summed E-state index contributed by atoms with van der Waals surface area (Å²) in [6.07, 6.45) is 0. The Morgan fingerprint density at radius 3 is 2.70 bits per heavy atom. The molecule has 1 aromatic heterocycles. The van der Waals surface area contributed by atoms with Crippen LogP contribution in [-0.4, -0.2) is 24.1 Å². The summed E-state index contributed by atoms with van der Waals surface area (Å²) in [5, 5.41) is 2.89. The Morgan fingerprint density at radius 1 is 1.30 bits per heavy atom. The van der Waals surface area contributed by atoms with Crippen molar-refractivity contribution in [2.45, 2.75) is 6.61 Å². The SMILES string of the molecule is CNc1cc(COC)nc(-c2ccc(F)c(F)c2Br)n1. The van der Waals surface area contributed by atoms with Crippen LogP contribution < -0.4 is 5.32 Å². The number of hydrogen-bond donors (Lipinski definition) is 1. The molecule has 0 bridgehead atoms. The summed E-state index contributed by atoms with van der Waals surface area (Å²) in [6.45, 7) is 0.297. The molecule has 0 saturated heterocycles. The van der Waals surface area contributed by atoms with Crippen LogP contribution in [0, 0.1) is 11.6 Å². The van der Waals surface area contributed by atoms with Crippen LogP contribution in [-0.2, 0) is 11.3 Å². The second-order valence-electron chi connectivity index (χ2n) is 3.97. The average molecular weight is 344 g/mol. The number of rotatable bonds is 4. The maximum absolute atomic E-state index is 13.6. The Kier molecular flexibility index (Phi) is 4.61. The van der Waals surface area contributed by atoms with Gasteiger partial charge in [-0.25, -0.2) is 18.7 Å². The first-order valence-corrected chi connectivity index (χ1v) is 6.54. The zero-order chi connectivity index (χ0) is 14.7. The second-order valence-corrected chi connectivity index (χ2v) is 4.77. The van der Waals surface area contributed by atoms with Crippen LogP contribution in [0.25, 0.3) is 11.4 Å². The molecule has 0 unspecified atom stereocenters. The molecule has 0 atom stereocenters. The van der Waals surface area contributed by atoms with E-state index in [-0.39, 0.29) is 10.3 Å². The lowest BCUT2D eigenvalue weighted by Crippen LogP contribution is -2.03. The Morgan fingerprint density at radius 2 is 2.05 bits per heavy atom. The van der Waals surface area contributed by atoms with Crippen LogP contribution in [0.1, 0.15) is 5.69 Å². The van der Waals surface area contributed by atoms with E-state index in [4.69, 9.17) is 4.74 Å². The minimum absolute atomic E-state index is 0.00544. The molecule has 4 nitrogen and oxygen atoms in total. The summed E-state index contributed by atoms with van der Waals surface area (Å²) in [7, 11) is 3.26. The average Bonchev–Trinajstić information content (AvgIpc) is 2.45. The monoisotopic (exact) mass is 343 g/mol. The normalized spacial score (nSPS) is 10.7. The largest absolute Gasteiger partial charge is 0.378 e. The highest BCUT2D eigenvalue weighted by Gasteiger charge is 2.15. The van der Waals surface area contributed by atoms with Gasteiger partial charge in [-0.2, -0.15) is 0 Å². The topological polar surface area (TPSA) is 47.0 Å². The van der Waals surface area contributed by atoms with Crippen LogP contribution >= 0.6 is 15.9 Å². The minimum Gasteiger partial charge on any atom is -0.378 e. The standard InChI is InChI=1S/C13H12BrF2N3O/c1-17-10-5-7(6-20-2)18-13(19-10)8-3-4-9(15)12(16)11(8)14/h3-5H,6H2,1-2H3,(H,17,18,19). The smallest absolute Gasteiger partial charge is 0.173 e. The van der Waals surface area contributed by atoms with E-state index in [2.05, 4.69) is 31.2 Å². The molecule has 1 N–H and O–H groups in total. The van der Waals surface area contributed by atoms with Gasteiger partial charge in [-0.05, 0) is 28.1 Å². The molecule has 0 aliphatic carbocycles. The molecule has 0 aliphatic heterocycles. The molecule has 0 spiro atoms. The van der Waals surface area contributed by atoms with E-state index in [1.165, 1.54) is 6.07 Å². The van der Waals surface area contributed by atoms with Crippen molar-refractivity contribution < 1.29 is 13.5 Å². The number of benzene rings is 1. The van der Waals surface area contributed by atoms with E-state index < -0.39 is 11.6 Å². The lowest BCUT2D eigenvalue weighted by molar-refractivity contribution is 0.181. The number of nitrogens with one attached hydrogen (secondary N) is 1. The number of nitrogens with zero attached hydrogens (tertiary/aromatic N) is 2. The van der Waals surface area contributed by atoms with Crippen molar-refractivity contribution in [2.24, 2.45) is 0 Å². The van der Waals surface area contributed by atoms with Gasteiger partial charge >= 0.3 is 0 Å². The second kappa shape index (κ2) is 6.23. The molecular formula is C13H12BrF2N3O. The van der Waals surface area contributed by atoms with E-state index in [1.54, 1.807) is 20.2 Å². The van der Waals surface area contributed by atoms with Gasteiger partial charge in [0.25, 0.3) is 0 Å². The first-order chi connectivity index (χ1) is 9.56. The van der Waals surface area contributed by atoms with Gasteiger partial charge in [0, 0.05) is 25.8 Å². The van der Waals surface area contributed by atoms with Gasteiger partial charge in [0.2, 0.25) is 0 Å². The summed E-state index contributed by atoms with van der Waals surface area (Å²) in [6, 6.07) is 4.19. The van der Waals surface area contributed by atoms with Crippen LogP contribution in [0.2, 0.25) is 0 Å². The number of methoxy groups -OCH3 is 1. The Bertz CT molecular complexity index is 637. The summed E-state index contributed by atoms with van der Waals surface area (Å²) >= 11 is 3.03. The van der Waals surface area contributed by atoms with Crippen molar-refractivity contribution in [1.29, 1.82) is 0 Å².